The third-order valence-electron chi connectivity index (χ3n) is 3.91. The summed E-state index contributed by atoms with van der Waals surface area (Å²) in [5, 5.41) is 20.8. The molecule has 1 unspecified atom stereocenters. The molecule has 3 N–H and O–H groups in total. The molecule has 3 rings (SSSR count). The largest absolute Gasteiger partial charge is 0.506 e. The van der Waals surface area contributed by atoms with Crippen LogP contribution in [-0.4, -0.2) is 54.1 Å². The van der Waals surface area contributed by atoms with Gasteiger partial charge >= 0.3 is 12.1 Å². The number of phenols is 1. The number of aliphatic hydroxyl groups excluding tert-OH is 1. The Hall–Kier alpha value is -2.74. The number of fused-ring (bicyclic) bond motifs is 3. The van der Waals surface area contributed by atoms with Crippen LogP contribution >= 0.6 is 0 Å². The molecule has 122 valence electrons. The highest BCUT2D eigenvalue weighted by atomic mass is 16.5. The number of amides is 1. The standard InChI is InChI=1S/C15H16N2O6/c1-22-14(20)10-4-9-8-3-7(18)6-17(15(21)23-2)11(8)5-12(19)13(9)16-10/h4-5,7,16,18-19H,3,6H2,1-2H3. The van der Waals surface area contributed by atoms with Gasteiger partial charge in [-0.1, -0.05) is 0 Å². The minimum Gasteiger partial charge on any atom is -0.506 e. The first kappa shape index (κ1) is 15.2. The monoisotopic (exact) mass is 320 g/mol. The number of aromatic amines is 1. The first-order chi connectivity index (χ1) is 11.0. The third kappa shape index (κ3) is 2.36. The number of rotatable bonds is 1. The fourth-order valence-corrected chi connectivity index (χ4v) is 2.89. The van der Waals surface area contributed by atoms with E-state index in [4.69, 9.17) is 4.74 Å². The molecule has 0 saturated heterocycles. The van der Waals surface area contributed by atoms with Crippen LogP contribution in [0.4, 0.5) is 10.5 Å². The van der Waals surface area contributed by atoms with Crippen LogP contribution in [0.2, 0.25) is 0 Å². The van der Waals surface area contributed by atoms with Crippen molar-refractivity contribution in [2.75, 3.05) is 25.7 Å². The van der Waals surface area contributed by atoms with E-state index < -0.39 is 18.2 Å². The summed E-state index contributed by atoms with van der Waals surface area (Å²) in [5.41, 5.74) is 1.62. The SMILES string of the molecule is COC(=O)c1cc2c3c(cc(O)c2[nH]1)N(C(=O)OC)CC(O)C3. The number of methoxy groups -OCH3 is 2. The van der Waals surface area contributed by atoms with Crippen molar-refractivity contribution < 1.29 is 29.3 Å². The number of aromatic nitrogens is 1. The number of phenolic OH excluding ortho intramolecular Hbond substituents is 1. The second-order valence-electron chi connectivity index (χ2n) is 5.30. The zero-order chi connectivity index (χ0) is 16.7. The second kappa shape index (κ2) is 5.47. The van der Waals surface area contributed by atoms with Crippen molar-refractivity contribution in [3.05, 3.63) is 23.4 Å². The van der Waals surface area contributed by atoms with Crippen LogP contribution in [0.3, 0.4) is 0 Å². The molecule has 8 nitrogen and oxygen atoms in total. The minimum atomic E-state index is -0.772. The summed E-state index contributed by atoms with van der Waals surface area (Å²) in [4.78, 5) is 27.6. The number of nitrogens with zero attached hydrogens (tertiary/aromatic N) is 1. The topological polar surface area (TPSA) is 112 Å². The molecule has 0 radical (unpaired) electrons. The summed E-state index contributed by atoms with van der Waals surface area (Å²) in [6.45, 7) is 0.0684. The second-order valence-corrected chi connectivity index (χ2v) is 5.30. The predicted molar refractivity (Wildman–Crippen MR) is 80.8 cm³/mol. The molecular formula is C15H16N2O6. The molecule has 2 aromatic rings. The quantitative estimate of drug-likeness (QED) is 0.680. The number of hydrogen-bond donors (Lipinski definition) is 3. The number of aliphatic hydroxyl groups is 1. The van der Waals surface area contributed by atoms with Crippen molar-refractivity contribution >= 4 is 28.7 Å². The van der Waals surface area contributed by atoms with Crippen LogP contribution in [0, 0.1) is 0 Å². The Balaban J connectivity index is 2.23. The van der Waals surface area contributed by atoms with Crippen molar-refractivity contribution in [1.82, 2.24) is 4.98 Å². The predicted octanol–water partition coefficient (Wildman–Crippen LogP) is 1.15. The highest BCUT2D eigenvalue weighted by Gasteiger charge is 2.31. The summed E-state index contributed by atoms with van der Waals surface area (Å²) in [6, 6.07) is 2.95. The Morgan fingerprint density at radius 2 is 2.04 bits per heavy atom. The number of β-amino-alcohol motifs (C(OH)–C–C–N with tert-alkyl or cyclic N) is 1. The Kier molecular flexibility index (Phi) is 3.61. The molecule has 1 aliphatic rings. The molecule has 0 aliphatic carbocycles. The molecule has 2 heterocycles. The van der Waals surface area contributed by atoms with Crippen molar-refractivity contribution in [2.24, 2.45) is 0 Å². The number of carbonyl (C=O) groups excluding carboxylic acids is 2. The van der Waals surface area contributed by atoms with Gasteiger partial charge in [-0.15, -0.1) is 0 Å². The lowest BCUT2D eigenvalue weighted by Gasteiger charge is -2.31. The van der Waals surface area contributed by atoms with E-state index in [1.807, 2.05) is 0 Å². The lowest BCUT2D eigenvalue weighted by molar-refractivity contribution is 0.0595. The van der Waals surface area contributed by atoms with Gasteiger partial charge in [-0.25, -0.2) is 9.59 Å². The molecule has 1 atom stereocenters. The zero-order valence-electron chi connectivity index (χ0n) is 12.6. The molecule has 0 fully saturated rings. The number of H-pyrrole nitrogens is 1. The molecule has 0 saturated carbocycles. The Bertz CT molecular complexity index is 797. The number of anilines is 1. The van der Waals surface area contributed by atoms with E-state index >= 15 is 0 Å². The Morgan fingerprint density at radius 3 is 2.70 bits per heavy atom. The highest BCUT2D eigenvalue weighted by molar-refractivity contribution is 6.02. The molecule has 8 heteroatoms. The maximum Gasteiger partial charge on any atom is 0.414 e. The van der Waals surface area contributed by atoms with Gasteiger partial charge in [0.05, 0.1) is 38.1 Å². The van der Waals surface area contributed by atoms with Gasteiger partial charge < -0.3 is 24.7 Å². The normalized spacial score (nSPS) is 17.0. The molecular weight excluding hydrogens is 304 g/mol. The smallest absolute Gasteiger partial charge is 0.414 e. The Labute approximate surface area is 131 Å². The van der Waals surface area contributed by atoms with Crippen molar-refractivity contribution in [3.8, 4) is 5.75 Å². The molecule has 1 aliphatic heterocycles. The minimum absolute atomic E-state index is 0.0684. The average molecular weight is 320 g/mol. The van der Waals surface area contributed by atoms with Gasteiger partial charge in [-0.05, 0) is 11.6 Å². The molecule has 0 spiro atoms. The van der Waals surface area contributed by atoms with Gasteiger partial charge in [-0.3, -0.25) is 4.90 Å². The van der Waals surface area contributed by atoms with Gasteiger partial charge in [0.15, 0.2) is 0 Å². The van der Waals surface area contributed by atoms with E-state index in [1.54, 1.807) is 0 Å². The van der Waals surface area contributed by atoms with Crippen molar-refractivity contribution in [1.29, 1.82) is 0 Å². The average Bonchev–Trinajstić information content (AvgIpc) is 3.00. The van der Waals surface area contributed by atoms with E-state index in [0.717, 1.165) is 0 Å². The van der Waals surface area contributed by atoms with E-state index in [2.05, 4.69) is 9.72 Å². The van der Waals surface area contributed by atoms with Gasteiger partial charge in [0.25, 0.3) is 0 Å². The van der Waals surface area contributed by atoms with E-state index in [-0.39, 0.29) is 24.4 Å². The number of hydrogen-bond acceptors (Lipinski definition) is 6. The van der Waals surface area contributed by atoms with Gasteiger partial charge in [0.2, 0.25) is 0 Å². The molecule has 1 aromatic carbocycles. The van der Waals surface area contributed by atoms with Gasteiger partial charge in [0, 0.05) is 17.9 Å². The third-order valence-corrected chi connectivity index (χ3v) is 3.91. The van der Waals surface area contributed by atoms with Crippen LogP contribution in [0.15, 0.2) is 12.1 Å². The molecule has 0 bridgehead atoms. The van der Waals surface area contributed by atoms with Crippen molar-refractivity contribution in [3.63, 3.8) is 0 Å². The number of nitrogens with one attached hydrogen (secondary N) is 1. The summed E-state index contributed by atoms with van der Waals surface area (Å²) in [5.74, 6) is -0.685. The lowest BCUT2D eigenvalue weighted by atomic mass is 9.96. The van der Waals surface area contributed by atoms with Gasteiger partial charge in [-0.2, -0.15) is 0 Å². The number of esters is 1. The summed E-state index contributed by atoms with van der Waals surface area (Å²) >= 11 is 0. The van der Waals surface area contributed by atoms with Crippen LogP contribution in [0.5, 0.6) is 5.75 Å². The summed E-state index contributed by atoms with van der Waals surface area (Å²) < 4.78 is 9.38. The zero-order valence-corrected chi connectivity index (χ0v) is 12.6. The maximum atomic E-state index is 11.9. The number of benzene rings is 1. The van der Waals surface area contributed by atoms with Crippen LogP contribution in [0.1, 0.15) is 16.1 Å². The molecule has 1 aromatic heterocycles. The maximum absolute atomic E-state index is 11.9. The van der Waals surface area contributed by atoms with Gasteiger partial charge in [0.1, 0.15) is 11.4 Å². The summed E-state index contributed by atoms with van der Waals surface area (Å²) in [7, 11) is 2.50. The molecule has 1 amide bonds. The number of ether oxygens (including phenoxy) is 2. The fourth-order valence-electron chi connectivity index (χ4n) is 2.89. The first-order valence-corrected chi connectivity index (χ1v) is 6.95. The number of aromatic hydroxyl groups is 1. The highest BCUT2D eigenvalue weighted by Crippen LogP contribution is 2.39. The van der Waals surface area contributed by atoms with E-state index in [0.29, 0.717) is 22.2 Å². The Morgan fingerprint density at radius 1 is 1.30 bits per heavy atom. The van der Waals surface area contributed by atoms with Crippen LogP contribution in [0.25, 0.3) is 10.9 Å². The van der Waals surface area contributed by atoms with Crippen molar-refractivity contribution in [2.45, 2.75) is 12.5 Å². The van der Waals surface area contributed by atoms with Crippen LogP contribution < -0.4 is 4.90 Å². The lowest BCUT2D eigenvalue weighted by Crippen LogP contribution is -2.42. The van der Waals surface area contributed by atoms with E-state index in [1.165, 1.54) is 31.3 Å². The van der Waals surface area contributed by atoms with Crippen LogP contribution in [-0.2, 0) is 15.9 Å². The first-order valence-electron chi connectivity index (χ1n) is 6.95. The molecule has 23 heavy (non-hydrogen) atoms. The van der Waals surface area contributed by atoms with E-state index in [9.17, 15) is 19.8 Å². The fraction of sp³-hybridized carbons (Fsp3) is 0.333. The summed E-state index contributed by atoms with van der Waals surface area (Å²) in [6.07, 6.45) is -1.11. The number of carbonyl (C=O) groups is 2.